The summed E-state index contributed by atoms with van der Waals surface area (Å²) in [5.41, 5.74) is 7.23. The molecule has 0 aliphatic carbocycles. The van der Waals surface area contributed by atoms with Crippen molar-refractivity contribution in [2.24, 2.45) is 0 Å². The van der Waals surface area contributed by atoms with Gasteiger partial charge in [-0.15, -0.1) is 0 Å². The summed E-state index contributed by atoms with van der Waals surface area (Å²) in [5, 5.41) is 4.60. The number of hydrogen-bond acceptors (Lipinski definition) is 4. The van der Waals surface area contributed by atoms with E-state index in [1.165, 1.54) is 11.6 Å². The minimum absolute atomic E-state index is 0.252. The van der Waals surface area contributed by atoms with E-state index in [1.807, 2.05) is 49.7 Å². The Morgan fingerprint density at radius 1 is 1.03 bits per heavy atom. The van der Waals surface area contributed by atoms with Gasteiger partial charge in [0.1, 0.15) is 0 Å². The van der Waals surface area contributed by atoms with Gasteiger partial charge in [-0.1, -0.05) is 54.1 Å². The second-order valence-electron chi connectivity index (χ2n) is 8.35. The number of carbonyl (C=O) groups is 2. The van der Waals surface area contributed by atoms with Crippen LogP contribution in [-0.4, -0.2) is 40.2 Å². The number of ether oxygens (including phenoxy) is 1. The molecule has 1 heterocycles. The van der Waals surface area contributed by atoms with E-state index in [4.69, 9.17) is 4.74 Å². The molecule has 6 heteroatoms. The van der Waals surface area contributed by atoms with E-state index >= 15 is 0 Å². The summed E-state index contributed by atoms with van der Waals surface area (Å²) in [6.45, 7) is 8.79. The molecule has 2 aromatic carbocycles. The van der Waals surface area contributed by atoms with Crippen LogP contribution in [-0.2, 0) is 27.4 Å². The minimum Gasteiger partial charge on any atom is -0.452 e. The maximum Gasteiger partial charge on any atom is 0.331 e. The summed E-state index contributed by atoms with van der Waals surface area (Å²) in [7, 11) is 1.70. The Bertz CT molecular complexity index is 1160. The fourth-order valence-corrected chi connectivity index (χ4v) is 3.55. The van der Waals surface area contributed by atoms with Crippen molar-refractivity contribution >= 4 is 18.0 Å². The van der Waals surface area contributed by atoms with Crippen molar-refractivity contribution in [3.8, 4) is 0 Å². The first kappa shape index (κ1) is 24.0. The van der Waals surface area contributed by atoms with Crippen LogP contribution in [0.5, 0.6) is 0 Å². The monoisotopic (exact) mass is 445 g/mol. The molecular formula is C27H31N3O3. The van der Waals surface area contributed by atoms with E-state index in [2.05, 4.69) is 36.3 Å². The third kappa shape index (κ3) is 6.42. The zero-order valence-corrected chi connectivity index (χ0v) is 20.0. The molecule has 0 aliphatic heterocycles. The van der Waals surface area contributed by atoms with Crippen molar-refractivity contribution in [2.75, 3.05) is 13.7 Å². The number of likely N-dealkylation sites (N-methyl/N-ethyl adjacent to an activating group) is 1. The molecule has 0 unspecified atom stereocenters. The number of aryl methyl sites for hydroxylation is 3. The van der Waals surface area contributed by atoms with Gasteiger partial charge in [-0.2, -0.15) is 5.10 Å². The highest BCUT2D eigenvalue weighted by Gasteiger charge is 2.13. The van der Waals surface area contributed by atoms with Gasteiger partial charge in [-0.05, 0) is 50.5 Å². The molecule has 172 valence electrons. The zero-order valence-electron chi connectivity index (χ0n) is 20.0. The molecule has 0 spiro atoms. The average Bonchev–Trinajstić information content (AvgIpc) is 3.05. The molecule has 0 radical (unpaired) electrons. The highest BCUT2D eigenvalue weighted by atomic mass is 16.5. The van der Waals surface area contributed by atoms with Gasteiger partial charge in [0, 0.05) is 30.9 Å². The molecule has 0 N–H and O–H groups in total. The summed E-state index contributed by atoms with van der Waals surface area (Å²) in [6.07, 6.45) is 3.05. The Morgan fingerprint density at radius 3 is 2.42 bits per heavy atom. The largest absolute Gasteiger partial charge is 0.452 e. The van der Waals surface area contributed by atoms with Crippen molar-refractivity contribution in [3.63, 3.8) is 0 Å². The van der Waals surface area contributed by atoms with Crippen LogP contribution in [0.15, 0.2) is 54.6 Å². The Labute approximate surface area is 195 Å². The lowest BCUT2D eigenvalue weighted by Gasteiger charge is -2.18. The molecule has 0 atom stereocenters. The molecule has 1 amide bonds. The first-order valence-electron chi connectivity index (χ1n) is 11.0. The topological polar surface area (TPSA) is 64.4 Å². The van der Waals surface area contributed by atoms with Crippen molar-refractivity contribution in [3.05, 3.63) is 93.8 Å². The molecule has 3 rings (SSSR count). The van der Waals surface area contributed by atoms with Gasteiger partial charge in [-0.3, -0.25) is 9.48 Å². The van der Waals surface area contributed by atoms with Crippen LogP contribution in [0.1, 0.15) is 39.2 Å². The summed E-state index contributed by atoms with van der Waals surface area (Å²) in [4.78, 5) is 26.1. The fourth-order valence-electron chi connectivity index (χ4n) is 3.55. The van der Waals surface area contributed by atoms with Gasteiger partial charge >= 0.3 is 5.97 Å². The molecule has 0 aliphatic rings. The SMILES string of the molecule is Cc1ccc(Cn2nc(C)c(/C=C/C(=O)OCC(=O)N(C)Cc3ccccc3C)c2C)cc1. The lowest BCUT2D eigenvalue weighted by atomic mass is 10.1. The second kappa shape index (κ2) is 10.8. The second-order valence-corrected chi connectivity index (χ2v) is 8.35. The summed E-state index contributed by atoms with van der Waals surface area (Å²) in [6, 6.07) is 16.2. The molecule has 0 fully saturated rings. The van der Waals surface area contributed by atoms with Crippen LogP contribution in [0.4, 0.5) is 0 Å². The van der Waals surface area contributed by atoms with E-state index in [0.29, 0.717) is 13.1 Å². The quantitative estimate of drug-likeness (QED) is 0.381. The van der Waals surface area contributed by atoms with E-state index in [-0.39, 0.29) is 12.5 Å². The number of hydrogen-bond donors (Lipinski definition) is 0. The molecule has 6 nitrogen and oxygen atoms in total. The van der Waals surface area contributed by atoms with E-state index in [9.17, 15) is 9.59 Å². The summed E-state index contributed by atoms with van der Waals surface area (Å²) < 4.78 is 7.09. The lowest BCUT2D eigenvalue weighted by Crippen LogP contribution is -2.30. The molecule has 0 saturated carbocycles. The number of nitrogens with zero attached hydrogens (tertiary/aromatic N) is 3. The van der Waals surface area contributed by atoms with E-state index in [1.54, 1.807) is 18.0 Å². The number of carbonyl (C=O) groups excluding carboxylic acids is 2. The predicted octanol–water partition coefficient (Wildman–Crippen LogP) is 4.38. The number of benzene rings is 2. The molecule has 1 aromatic heterocycles. The number of amides is 1. The molecule has 3 aromatic rings. The van der Waals surface area contributed by atoms with Crippen LogP contribution < -0.4 is 0 Å². The zero-order chi connectivity index (χ0) is 24.0. The summed E-state index contributed by atoms with van der Waals surface area (Å²) in [5.74, 6) is -0.809. The normalized spacial score (nSPS) is 11.1. The number of esters is 1. The lowest BCUT2D eigenvalue weighted by molar-refractivity contribution is -0.147. The fraction of sp³-hybridized carbons (Fsp3) is 0.296. The maximum atomic E-state index is 12.4. The van der Waals surface area contributed by atoms with E-state index < -0.39 is 5.97 Å². The smallest absolute Gasteiger partial charge is 0.331 e. The van der Waals surface area contributed by atoms with Crippen molar-refractivity contribution in [2.45, 2.75) is 40.8 Å². The van der Waals surface area contributed by atoms with E-state index in [0.717, 1.165) is 33.6 Å². The predicted molar refractivity (Wildman–Crippen MR) is 130 cm³/mol. The Kier molecular flexibility index (Phi) is 7.83. The van der Waals surface area contributed by atoms with Crippen LogP contribution in [0.25, 0.3) is 6.08 Å². The third-order valence-electron chi connectivity index (χ3n) is 5.71. The van der Waals surface area contributed by atoms with Gasteiger partial charge in [0.05, 0.1) is 12.2 Å². The van der Waals surface area contributed by atoms with Gasteiger partial charge in [0.2, 0.25) is 0 Å². The molecule has 33 heavy (non-hydrogen) atoms. The Balaban J connectivity index is 1.55. The first-order valence-corrected chi connectivity index (χ1v) is 11.0. The highest BCUT2D eigenvalue weighted by Crippen LogP contribution is 2.17. The molecule has 0 saturated heterocycles. The Hall–Kier alpha value is -3.67. The maximum absolute atomic E-state index is 12.4. The minimum atomic E-state index is -0.558. The highest BCUT2D eigenvalue weighted by molar-refractivity contribution is 5.89. The van der Waals surface area contributed by atoms with Crippen LogP contribution >= 0.6 is 0 Å². The Morgan fingerprint density at radius 2 is 1.73 bits per heavy atom. The van der Waals surface area contributed by atoms with Crippen LogP contribution in [0, 0.1) is 27.7 Å². The average molecular weight is 446 g/mol. The van der Waals surface area contributed by atoms with Gasteiger partial charge in [0.25, 0.3) is 5.91 Å². The standard InChI is InChI=1S/C27H31N3O3/c1-19-10-12-23(13-11-19)16-30-22(4)25(21(3)28-30)14-15-27(32)33-18-26(31)29(5)17-24-9-7-6-8-20(24)2/h6-15H,16-18H2,1-5H3/b15-14+. The molecule has 0 bridgehead atoms. The third-order valence-corrected chi connectivity index (χ3v) is 5.71. The van der Waals surface area contributed by atoms with Crippen LogP contribution in [0.3, 0.4) is 0 Å². The van der Waals surface area contributed by atoms with Gasteiger partial charge in [0.15, 0.2) is 6.61 Å². The summed E-state index contributed by atoms with van der Waals surface area (Å²) >= 11 is 0. The van der Waals surface area contributed by atoms with Crippen LogP contribution in [0.2, 0.25) is 0 Å². The first-order chi connectivity index (χ1) is 15.7. The van der Waals surface area contributed by atoms with Crippen molar-refractivity contribution in [1.29, 1.82) is 0 Å². The van der Waals surface area contributed by atoms with Crippen molar-refractivity contribution in [1.82, 2.24) is 14.7 Å². The number of rotatable bonds is 8. The molecular weight excluding hydrogens is 414 g/mol. The van der Waals surface area contributed by atoms with Gasteiger partial charge in [-0.25, -0.2) is 4.79 Å². The van der Waals surface area contributed by atoms with Gasteiger partial charge < -0.3 is 9.64 Å². The van der Waals surface area contributed by atoms with Crippen molar-refractivity contribution < 1.29 is 14.3 Å². The number of aromatic nitrogens is 2.